The van der Waals surface area contributed by atoms with Crippen molar-refractivity contribution in [2.45, 2.75) is 0 Å². The molecule has 0 aliphatic heterocycles. The molecule has 35 heavy (non-hydrogen) atoms. The minimum atomic E-state index is -0.294. The van der Waals surface area contributed by atoms with Gasteiger partial charge in [-0.2, -0.15) is 0 Å². The van der Waals surface area contributed by atoms with E-state index in [2.05, 4.69) is 10.6 Å². The molecule has 3 N–H and O–H groups in total. The molecule has 0 saturated heterocycles. The fourth-order valence-electron chi connectivity index (χ4n) is 3.15. The van der Waals surface area contributed by atoms with Crippen molar-refractivity contribution in [3.63, 3.8) is 0 Å². The molecule has 0 heterocycles. The van der Waals surface area contributed by atoms with Crippen LogP contribution < -0.4 is 20.1 Å². The molecule has 0 aliphatic rings. The van der Waals surface area contributed by atoms with Gasteiger partial charge in [0.2, 0.25) is 5.78 Å². The summed E-state index contributed by atoms with van der Waals surface area (Å²) in [5, 5.41) is 15.5. The molecule has 7 nitrogen and oxygen atoms in total. The largest absolute Gasteiger partial charge is 0.507 e. The second-order valence-electron chi connectivity index (χ2n) is 7.23. The second-order valence-corrected chi connectivity index (χ2v) is 7.23. The van der Waals surface area contributed by atoms with Crippen molar-refractivity contribution in [1.82, 2.24) is 0 Å². The van der Waals surface area contributed by atoms with Crippen LogP contribution in [0.2, 0.25) is 0 Å². The highest BCUT2D eigenvalue weighted by molar-refractivity contribution is 6.12. The van der Waals surface area contributed by atoms with Crippen LogP contribution in [0.1, 0.15) is 15.9 Å². The van der Waals surface area contributed by atoms with Crippen LogP contribution in [0, 0.1) is 0 Å². The number of amides is 2. The molecular weight excluding hydrogens is 444 g/mol. The maximum Gasteiger partial charge on any atom is 0.323 e. The number of phenols is 1. The van der Waals surface area contributed by atoms with E-state index in [1.54, 1.807) is 30.3 Å². The lowest BCUT2D eigenvalue weighted by Crippen LogP contribution is -2.19. The second kappa shape index (κ2) is 12.5. The number of anilines is 2. The van der Waals surface area contributed by atoms with E-state index < -0.39 is 0 Å². The zero-order chi connectivity index (χ0) is 25.0. The van der Waals surface area contributed by atoms with Crippen LogP contribution in [0.15, 0.2) is 103 Å². The van der Waals surface area contributed by atoms with Crippen molar-refractivity contribution in [2.24, 2.45) is 0 Å². The molecule has 4 rings (SSSR count). The van der Waals surface area contributed by atoms with Gasteiger partial charge < -0.3 is 25.2 Å². The van der Waals surface area contributed by atoms with Crippen molar-refractivity contribution in [1.29, 1.82) is 0 Å². The van der Waals surface area contributed by atoms with Crippen molar-refractivity contribution >= 4 is 23.2 Å². The lowest BCUT2D eigenvalue weighted by atomic mass is 10.0. The molecule has 178 valence electrons. The zero-order valence-corrected chi connectivity index (χ0v) is 19.4. The lowest BCUT2D eigenvalue weighted by molar-refractivity contribution is 0.103. The first kappa shape index (κ1) is 24.9. The van der Waals surface area contributed by atoms with E-state index >= 15 is 0 Å². The Hall–Kier alpha value is -4.78. The number of ether oxygens (including phenoxy) is 2. The van der Waals surface area contributed by atoms with Crippen LogP contribution in [-0.2, 0) is 0 Å². The molecule has 4 aromatic carbocycles. The first-order chi connectivity index (χ1) is 17.0. The van der Waals surface area contributed by atoms with Crippen molar-refractivity contribution in [3.8, 4) is 17.2 Å². The maximum absolute atomic E-state index is 12.4. The fraction of sp³-hybridized carbons (Fsp3) is 0.0714. The average Bonchev–Trinajstić information content (AvgIpc) is 2.89. The summed E-state index contributed by atoms with van der Waals surface area (Å²) in [6.45, 7) is 0. The van der Waals surface area contributed by atoms with Crippen molar-refractivity contribution < 1.29 is 24.2 Å². The van der Waals surface area contributed by atoms with Gasteiger partial charge in [0.05, 0.1) is 14.2 Å². The van der Waals surface area contributed by atoms with Gasteiger partial charge in [0.25, 0.3) is 0 Å². The van der Waals surface area contributed by atoms with Crippen molar-refractivity contribution in [2.75, 3.05) is 24.9 Å². The monoisotopic (exact) mass is 470 g/mol. The van der Waals surface area contributed by atoms with Gasteiger partial charge in [-0.15, -0.1) is 0 Å². The van der Waals surface area contributed by atoms with Gasteiger partial charge in [0.15, 0.2) is 0 Å². The fourth-order valence-corrected chi connectivity index (χ4v) is 3.15. The molecule has 0 fully saturated rings. The summed E-state index contributed by atoms with van der Waals surface area (Å²) in [7, 11) is 2.92. The Kier molecular flexibility index (Phi) is 8.85. The number of hydrogen-bond donors (Lipinski definition) is 3. The van der Waals surface area contributed by atoms with E-state index in [1.165, 1.54) is 20.3 Å². The van der Waals surface area contributed by atoms with E-state index in [4.69, 9.17) is 9.47 Å². The van der Waals surface area contributed by atoms with Gasteiger partial charge >= 0.3 is 6.03 Å². The van der Waals surface area contributed by atoms with E-state index in [0.29, 0.717) is 11.3 Å². The summed E-state index contributed by atoms with van der Waals surface area (Å²) >= 11 is 0. The van der Waals surface area contributed by atoms with E-state index in [-0.39, 0.29) is 28.9 Å². The Balaban J connectivity index is 0.000000198. The Morgan fingerprint density at radius 3 is 1.63 bits per heavy atom. The van der Waals surface area contributed by atoms with Crippen LogP contribution in [0.25, 0.3) is 0 Å². The number of ketones is 1. The minimum Gasteiger partial charge on any atom is -0.507 e. The number of methoxy groups -OCH3 is 2. The number of carbonyl (C=O) groups is 2. The summed E-state index contributed by atoms with van der Waals surface area (Å²) < 4.78 is 10.2. The van der Waals surface area contributed by atoms with Gasteiger partial charge in [0, 0.05) is 29.1 Å². The maximum atomic E-state index is 12.4. The number of urea groups is 1. The number of para-hydroxylation sites is 2. The first-order valence-electron chi connectivity index (χ1n) is 10.7. The predicted molar refractivity (Wildman–Crippen MR) is 137 cm³/mol. The van der Waals surface area contributed by atoms with Gasteiger partial charge in [-0.25, -0.2) is 4.79 Å². The normalized spacial score (nSPS) is 9.77. The summed E-state index contributed by atoms with van der Waals surface area (Å²) in [6.07, 6.45) is 0. The molecule has 0 saturated carbocycles. The first-order valence-corrected chi connectivity index (χ1v) is 10.7. The highest BCUT2D eigenvalue weighted by Crippen LogP contribution is 2.34. The molecule has 4 aromatic rings. The van der Waals surface area contributed by atoms with Crippen LogP contribution in [0.5, 0.6) is 17.2 Å². The molecule has 0 bridgehead atoms. The van der Waals surface area contributed by atoms with Crippen LogP contribution in [-0.4, -0.2) is 31.1 Å². The predicted octanol–water partition coefficient (Wildman–Crippen LogP) is 5.97. The minimum absolute atomic E-state index is 0.134. The number of benzene rings is 4. The smallest absolute Gasteiger partial charge is 0.323 e. The Bertz CT molecular complexity index is 1200. The molecule has 2 amide bonds. The summed E-state index contributed by atoms with van der Waals surface area (Å²) in [5.41, 5.74) is 2.17. The highest BCUT2D eigenvalue weighted by atomic mass is 16.5. The molecule has 0 spiro atoms. The van der Waals surface area contributed by atoms with Gasteiger partial charge in [0.1, 0.15) is 22.8 Å². The third-order valence-corrected chi connectivity index (χ3v) is 4.84. The SMILES string of the molecule is COc1cc(O)c(C(=O)c2ccccc2)c(OC)c1.O=C(Nc1ccccc1)Nc1ccccc1. The third-order valence-electron chi connectivity index (χ3n) is 4.84. The summed E-state index contributed by atoms with van der Waals surface area (Å²) in [5.74, 6) is 0.257. The average molecular weight is 471 g/mol. The van der Waals surface area contributed by atoms with Gasteiger partial charge in [-0.1, -0.05) is 66.7 Å². The number of phenolic OH excluding ortho intramolecular Hbond substituents is 1. The van der Waals surface area contributed by atoms with E-state index in [9.17, 15) is 14.7 Å². The molecular formula is C28H26N2O5. The van der Waals surface area contributed by atoms with Crippen LogP contribution in [0.4, 0.5) is 16.2 Å². The molecule has 0 unspecified atom stereocenters. The van der Waals surface area contributed by atoms with Crippen LogP contribution in [0.3, 0.4) is 0 Å². The van der Waals surface area contributed by atoms with Gasteiger partial charge in [-0.3, -0.25) is 4.79 Å². The third kappa shape index (κ3) is 7.10. The number of rotatable bonds is 6. The van der Waals surface area contributed by atoms with Crippen LogP contribution >= 0.6 is 0 Å². The molecule has 0 atom stereocenters. The quantitative estimate of drug-likeness (QED) is 0.302. The lowest BCUT2D eigenvalue weighted by Gasteiger charge is -2.11. The van der Waals surface area contributed by atoms with E-state index in [0.717, 1.165) is 11.4 Å². The zero-order valence-electron chi connectivity index (χ0n) is 19.4. The Morgan fingerprint density at radius 2 is 1.17 bits per heavy atom. The number of hydrogen-bond acceptors (Lipinski definition) is 5. The topological polar surface area (TPSA) is 96.9 Å². The highest BCUT2D eigenvalue weighted by Gasteiger charge is 2.20. The van der Waals surface area contributed by atoms with E-state index in [1.807, 2.05) is 66.7 Å². The van der Waals surface area contributed by atoms with Gasteiger partial charge in [-0.05, 0) is 24.3 Å². The number of nitrogens with one attached hydrogen (secondary N) is 2. The Labute approximate surface area is 204 Å². The standard InChI is InChI=1S/C15H14O4.C13H12N2O/c1-18-11-8-12(16)14(13(9-11)19-2)15(17)10-6-4-3-5-7-10;16-13(14-11-7-3-1-4-8-11)15-12-9-5-2-6-10-12/h3-9,16H,1-2H3;1-10H,(H2,14,15,16). The Morgan fingerprint density at radius 1 is 0.686 bits per heavy atom. The summed E-state index contributed by atoms with van der Waals surface area (Å²) in [6, 6.07) is 30.1. The summed E-state index contributed by atoms with van der Waals surface area (Å²) in [4.78, 5) is 23.9. The molecule has 0 radical (unpaired) electrons. The number of carbonyl (C=O) groups excluding carboxylic acids is 2. The molecule has 0 aromatic heterocycles. The van der Waals surface area contributed by atoms with Crippen molar-refractivity contribution in [3.05, 3.63) is 114 Å². The molecule has 7 heteroatoms. The number of aromatic hydroxyl groups is 1. The molecule has 0 aliphatic carbocycles.